The summed E-state index contributed by atoms with van der Waals surface area (Å²) in [5, 5.41) is 19.0. The van der Waals surface area contributed by atoms with Crippen molar-refractivity contribution < 1.29 is 13.9 Å². The first kappa shape index (κ1) is 18.4. The summed E-state index contributed by atoms with van der Waals surface area (Å²) in [5.41, 5.74) is 8.54. The van der Waals surface area contributed by atoms with E-state index in [0.29, 0.717) is 22.3 Å². The summed E-state index contributed by atoms with van der Waals surface area (Å²) >= 11 is 0. The third-order valence-electron chi connectivity index (χ3n) is 4.67. The highest BCUT2D eigenvalue weighted by Crippen LogP contribution is 2.32. The van der Waals surface area contributed by atoms with Crippen molar-refractivity contribution in [3.05, 3.63) is 83.7 Å². The molecule has 0 atom stereocenters. The Morgan fingerprint density at radius 1 is 1.07 bits per heavy atom. The number of aliphatic hydroxyl groups is 1. The first-order chi connectivity index (χ1) is 14.0. The molecule has 144 valence electrons. The van der Waals surface area contributed by atoms with Gasteiger partial charge in [0, 0.05) is 51.9 Å². The molecule has 0 amide bonds. The Morgan fingerprint density at radius 3 is 2.55 bits per heavy atom. The van der Waals surface area contributed by atoms with E-state index in [1.807, 2.05) is 18.2 Å². The number of hydrogen-bond acceptors (Lipinski definition) is 4. The molecule has 0 radical (unpaired) electrons. The fraction of sp³-hybridized carbons (Fsp3) is 0. The number of aromatic amines is 1. The Kier molecular flexibility index (Phi) is 4.56. The van der Waals surface area contributed by atoms with Gasteiger partial charge in [-0.3, -0.25) is 0 Å². The zero-order valence-corrected chi connectivity index (χ0v) is 15.1. The van der Waals surface area contributed by atoms with Crippen LogP contribution in [0.2, 0.25) is 0 Å². The van der Waals surface area contributed by atoms with Gasteiger partial charge in [-0.1, -0.05) is 24.3 Å². The van der Waals surface area contributed by atoms with Crippen LogP contribution in [0, 0.1) is 17.0 Å². The smallest absolute Gasteiger partial charge is 0.166 e. The quantitative estimate of drug-likeness (QED) is 0.220. The third-order valence-corrected chi connectivity index (χ3v) is 4.67. The molecule has 0 aliphatic carbocycles. The van der Waals surface area contributed by atoms with E-state index in [4.69, 9.17) is 11.1 Å². The third kappa shape index (κ3) is 3.23. The van der Waals surface area contributed by atoms with Crippen molar-refractivity contribution in [1.82, 2.24) is 9.97 Å². The molecule has 0 spiro atoms. The van der Waals surface area contributed by atoms with Crippen molar-refractivity contribution in [2.75, 3.05) is 5.73 Å². The van der Waals surface area contributed by atoms with Crippen molar-refractivity contribution in [2.24, 2.45) is 0 Å². The summed E-state index contributed by atoms with van der Waals surface area (Å²) in [7, 11) is 0. The molecule has 0 fully saturated rings. The van der Waals surface area contributed by atoms with Crippen LogP contribution in [-0.4, -0.2) is 21.3 Å². The second kappa shape index (κ2) is 7.20. The number of nitrogens with one attached hydrogen (secondary N) is 2. The average Bonchev–Trinajstić information content (AvgIpc) is 3.15. The second-order valence-electron chi connectivity index (χ2n) is 6.45. The number of rotatable bonds is 4. The maximum atomic E-state index is 14.2. The first-order valence-corrected chi connectivity index (χ1v) is 8.71. The van der Waals surface area contributed by atoms with Crippen molar-refractivity contribution in [3.8, 4) is 11.1 Å². The molecule has 7 heteroatoms. The number of nitrogens with zero attached hydrogens (tertiary/aromatic N) is 1. The Balaban J connectivity index is 1.89. The monoisotopic (exact) mass is 390 g/mol. The van der Waals surface area contributed by atoms with Crippen molar-refractivity contribution >= 4 is 34.3 Å². The molecule has 5 nitrogen and oxygen atoms in total. The molecule has 2 heterocycles. The lowest BCUT2D eigenvalue weighted by Gasteiger charge is -2.08. The van der Waals surface area contributed by atoms with Crippen LogP contribution >= 0.6 is 0 Å². The lowest BCUT2D eigenvalue weighted by Crippen LogP contribution is -1.98. The number of allylic oxidation sites excluding steroid dienone is 1. The maximum Gasteiger partial charge on any atom is 0.166 e. The fourth-order valence-corrected chi connectivity index (χ4v) is 3.16. The lowest BCUT2D eigenvalue weighted by molar-refractivity contribution is 0.503. The van der Waals surface area contributed by atoms with E-state index in [2.05, 4.69) is 9.97 Å². The number of pyridine rings is 1. The molecular weight excluding hydrogens is 374 g/mol. The van der Waals surface area contributed by atoms with Gasteiger partial charge >= 0.3 is 0 Å². The average molecular weight is 390 g/mol. The topological polar surface area (TPSA) is 98.8 Å². The summed E-state index contributed by atoms with van der Waals surface area (Å²) in [6, 6.07) is 12.7. The first-order valence-electron chi connectivity index (χ1n) is 8.71. The molecule has 0 bridgehead atoms. The number of hydrogen-bond donors (Lipinski definition) is 4. The molecule has 2 aromatic heterocycles. The van der Waals surface area contributed by atoms with Gasteiger partial charge in [0.2, 0.25) is 0 Å². The van der Waals surface area contributed by atoms with E-state index in [1.54, 1.807) is 18.3 Å². The van der Waals surface area contributed by atoms with E-state index in [-0.39, 0.29) is 16.9 Å². The summed E-state index contributed by atoms with van der Waals surface area (Å²) in [6.45, 7) is 0. The maximum absolute atomic E-state index is 14.2. The van der Waals surface area contributed by atoms with Gasteiger partial charge in [0.25, 0.3) is 0 Å². The van der Waals surface area contributed by atoms with E-state index in [0.717, 1.165) is 23.4 Å². The van der Waals surface area contributed by atoms with Crippen LogP contribution in [0.1, 0.15) is 11.1 Å². The minimum atomic E-state index is -1.13. The Morgan fingerprint density at radius 2 is 1.83 bits per heavy atom. The largest absolute Gasteiger partial charge is 0.507 e. The van der Waals surface area contributed by atoms with Crippen LogP contribution < -0.4 is 5.73 Å². The highest BCUT2D eigenvalue weighted by molar-refractivity contribution is 6.18. The van der Waals surface area contributed by atoms with Crippen LogP contribution in [0.3, 0.4) is 0 Å². The van der Waals surface area contributed by atoms with Gasteiger partial charge in [-0.05, 0) is 29.8 Å². The van der Waals surface area contributed by atoms with Crippen LogP contribution in [-0.2, 0) is 0 Å². The number of aliphatic hydroxyl groups excluding tert-OH is 1. The Bertz CT molecular complexity index is 1260. The number of fused-ring (bicyclic) bond motifs is 1. The van der Waals surface area contributed by atoms with Crippen molar-refractivity contribution in [1.29, 1.82) is 5.41 Å². The van der Waals surface area contributed by atoms with Gasteiger partial charge in [0.15, 0.2) is 11.6 Å². The van der Waals surface area contributed by atoms with Crippen LogP contribution in [0.25, 0.3) is 33.5 Å². The number of H-pyrrole nitrogens is 1. The summed E-state index contributed by atoms with van der Waals surface area (Å²) in [5.74, 6) is -2.54. The molecule has 4 aromatic rings. The van der Waals surface area contributed by atoms with Gasteiger partial charge in [0.1, 0.15) is 11.4 Å². The van der Waals surface area contributed by atoms with Crippen LogP contribution in [0.4, 0.5) is 14.5 Å². The molecule has 0 unspecified atom stereocenters. The molecule has 0 saturated heterocycles. The number of nitrogen functional groups attached to an aromatic ring is 1. The molecule has 0 aliphatic rings. The Hall–Kier alpha value is -4.00. The van der Waals surface area contributed by atoms with Gasteiger partial charge in [0.05, 0.1) is 0 Å². The Labute approximate surface area is 164 Å². The normalized spacial score (nSPS) is 12.1. The van der Waals surface area contributed by atoms with E-state index in [1.165, 1.54) is 18.3 Å². The van der Waals surface area contributed by atoms with Gasteiger partial charge in [-0.25, -0.2) is 13.8 Å². The second-order valence-corrected chi connectivity index (χ2v) is 6.45. The zero-order chi connectivity index (χ0) is 20.5. The predicted octanol–water partition coefficient (Wildman–Crippen LogP) is 5.17. The number of anilines is 1. The summed E-state index contributed by atoms with van der Waals surface area (Å²) in [4.78, 5) is 7.31. The fourth-order valence-electron chi connectivity index (χ4n) is 3.16. The molecule has 4 rings (SSSR count). The molecule has 2 aromatic carbocycles. The molecule has 5 N–H and O–H groups in total. The molecular formula is C22H16F2N4O. The molecule has 0 aliphatic heterocycles. The number of benzene rings is 2. The van der Waals surface area contributed by atoms with Crippen molar-refractivity contribution in [3.63, 3.8) is 0 Å². The number of aromatic nitrogens is 2. The molecule has 29 heavy (non-hydrogen) atoms. The minimum Gasteiger partial charge on any atom is -0.507 e. The van der Waals surface area contributed by atoms with Gasteiger partial charge < -0.3 is 21.2 Å². The summed E-state index contributed by atoms with van der Waals surface area (Å²) < 4.78 is 27.8. The van der Waals surface area contributed by atoms with Crippen LogP contribution in [0.15, 0.2) is 60.9 Å². The van der Waals surface area contributed by atoms with Crippen LogP contribution in [0.5, 0.6) is 0 Å². The number of halogens is 2. The van der Waals surface area contributed by atoms with E-state index in [9.17, 15) is 13.9 Å². The van der Waals surface area contributed by atoms with Gasteiger partial charge in [-0.15, -0.1) is 0 Å². The minimum absolute atomic E-state index is 0.138. The SMILES string of the molecule is N=C/C(=C(\O)c1c[nH]c2ncc(-c3ccc(N)cc3)cc12)c1cccc(F)c1F. The lowest BCUT2D eigenvalue weighted by atomic mass is 10.00. The zero-order valence-electron chi connectivity index (χ0n) is 15.1. The van der Waals surface area contributed by atoms with Gasteiger partial charge in [-0.2, -0.15) is 0 Å². The summed E-state index contributed by atoms with van der Waals surface area (Å²) in [6.07, 6.45) is 3.99. The predicted molar refractivity (Wildman–Crippen MR) is 111 cm³/mol. The van der Waals surface area contributed by atoms with Crippen molar-refractivity contribution in [2.45, 2.75) is 0 Å². The standard InChI is InChI=1S/C22H16F2N4O/c23-19-3-1-2-15(20(19)24)17(9-25)21(29)18-11-28-22-16(18)8-13(10-27-22)12-4-6-14(26)7-5-12/h1-11,25,29H,26H2,(H,27,28)/b21-17+,25-9?. The van der Waals surface area contributed by atoms with E-state index >= 15 is 0 Å². The highest BCUT2D eigenvalue weighted by atomic mass is 19.2. The molecule has 0 saturated carbocycles. The highest BCUT2D eigenvalue weighted by Gasteiger charge is 2.18. The number of nitrogens with two attached hydrogens (primary N) is 1. The van der Waals surface area contributed by atoms with E-state index < -0.39 is 11.6 Å².